The van der Waals surface area contributed by atoms with E-state index < -0.39 is 0 Å². The van der Waals surface area contributed by atoms with Gasteiger partial charge in [-0.15, -0.1) is 0 Å². The fourth-order valence-electron chi connectivity index (χ4n) is 2.58. The summed E-state index contributed by atoms with van der Waals surface area (Å²) in [4.78, 5) is 0. The van der Waals surface area contributed by atoms with E-state index in [0.717, 1.165) is 37.3 Å². The summed E-state index contributed by atoms with van der Waals surface area (Å²) in [7, 11) is 0. The molecule has 0 heterocycles. The van der Waals surface area contributed by atoms with E-state index in [1.165, 1.54) is 0 Å². The van der Waals surface area contributed by atoms with Gasteiger partial charge in [0.2, 0.25) is 0 Å². The van der Waals surface area contributed by atoms with Crippen molar-refractivity contribution in [2.24, 2.45) is 0 Å². The van der Waals surface area contributed by atoms with Gasteiger partial charge in [-0.3, -0.25) is 0 Å². The highest BCUT2D eigenvalue weighted by atomic mass is 35.5. The molecule has 0 aliphatic rings. The zero-order valence-electron chi connectivity index (χ0n) is 16.2. The number of benzene rings is 2. The lowest BCUT2D eigenvalue weighted by Crippen LogP contribution is -2.17. The van der Waals surface area contributed by atoms with Gasteiger partial charge in [-0.1, -0.05) is 40.9 Å². The highest BCUT2D eigenvalue weighted by molar-refractivity contribution is 6.36. The summed E-state index contributed by atoms with van der Waals surface area (Å²) >= 11 is 18.9. The van der Waals surface area contributed by atoms with Crippen LogP contribution in [0.25, 0.3) is 0 Å². The largest absolute Gasteiger partial charge is 0.490 e. The van der Waals surface area contributed by atoms with Crippen molar-refractivity contribution in [3.8, 4) is 11.5 Å². The van der Waals surface area contributed by atoms with Gasteiger partial charge in [0.15, 0.2) is 11.5 Å². The van der Waals surface area contributed by atoms with Crippen molar-refractivity contribution in [2.75, 3.05) is 26.4 Å². The lowest BCUT2D eigenvalue weighted by molar-refractivity contribution is 0.144. The maximum Gasteiger partial charge on any atom is 0.163 e. The molecule has 0 aliphatic heterocycles. The van der Waals surface area contributed by atoms with Crippen LogP contribution in [0.2, 0.25) is 15.1 Å². The molecule has 2 rings (SSSR count). The van der Waals surface area contributed by atoms with E-state index in [-0.39, 0.29) is 6.61 Å². The first-order chi connectivity index (χ1) is 13.6. The Morgan fingerprint density at radius 1 is 0.893 bits per heavy atom. The van der Waals surface area contributed by atoms with Crippen LogP contribution in [0, 0.1) is 0 Å². The summed E-state index contributed by atoms with van der Waals surface area (Å²) in [6.45, 7) is 7.64. The van der Waals surface area contributed by atoms with Crippen LogP contribution in [0.4, 0.5) is 0 Å². The molecule has 154 valence electrons. The molecule has 0 atom stereocenters. The van der Waals surface area contributed by atoms with Crippen molar-refractivity contribution in [1.82, 2.24) is 5.32 Å². The average Bonchev–Trinajstić information content (AvgIpc) is 2.67. The fourth-order valence-corrected chi connectivity index (χ4v) is 3.31. The van der Waals surface area contributed by atoms with Gasteiger partial charge >= 0.3 is 0 Å². The molecule has 0 saturated heterocycles. The van der Waals surface area contributed by atoms with Crippen LogP contribution in [-0.4, -0.2) is 26.4 Å². The molecule has 0 amide bonds. The number of halogens is 3. The molecule has 2 aromatic rings. The van der Waals surface area contributed by atoms with Crippen molar-refractivity contribution in [3.63, 3.8) is 0 Å². The van der Waals surface area contributed by atoms with E-state index in [0.29, 0.717) is 39.7 Å². The Hall–Kier alpha value is -1.17. The molecule has 7 heteroatoms. The van der Waals surface area contributed by atoms with E-state index in [1.54, 1.807) is 24.3 Å². The second-order valence-corrected chi connectivity index (χ2v) is 7.26. The molecule has 1 N–H and O–H groups in total. The van der Waals surface area contributed by atoms with E-state index in [1.807, 2.05) is 19.9 Å². The summed E-state index contributed by atoms with van der Waals surface area (Å²) in [5.41, 5.74) is 1.68. The summed E-state index contributed by atoms with van der Waals surface area (Å²) in [5, 5.41) is 5.10. The zero-order valence-corrected chi connectivity index (χ0v) is 18.5. The fraction of sp³-hybridized carbons (Fsp3) is 0.429. The average molecular weight is 447 g/mol. The maximum atomic E-state index is 6.46. The monoisotopic (exact) mass is 445 g/mol. The van der Waals surface area contributed by atoms with E-state index >= 15 is 0 Å². The van der Waals surface area contributed by atoms with Gasteiger partial charge in [-0.25, -0.2) is 0 Å². The molecule has 0 aromatic heterocycles. The van der Waals surface area contributed by atoms with Crippen LogP contribution in [0.1, 0.15) is 31.4 Å². The number of ether oxygens (including phenoxy) is 3. The molecule has 0 unspecified atom stereocenters. The molecular weight excluding hydrogens is 421 g/mol. The summed E-state index contributed by atoms with van der Waals surface area (Å²) in [5.74, 6) is 1.20. The number of hydrogen-bond donors (Lipinski definition) is 1. The number of hydrogen-bond acceptors (Lipinski definition) is 4. The molecule has 0 radical (unpaired) electrons. The predicted molar refractivity (Wildman–Crippen MR) is 116 cm³/mol. The molecule has 0 spiro atoms. The van der Waals surface area contributed by atoms with Crippen LogP contribution in [-0.2, 0) is 17.9 Å². The second-order valence-electron chi connectivity index (χ2n) is 6.04. The van der Waals surface area contributed by atoms with Gasteiger partial charge in [0.25, 0.3) is 0 Å². The molecular formula is C21H26Cl3NO3. The van der Waals surface area contributed by atoms with Gasteiger partial charge in [-0.05, 0) is 50.6 Å². The Morgan fingerprint density at radius 2 is 1.61 bits per heavy atom. The third kappa shape index (κ3) is 7.02. The van der Waals surface area contributed by atoms with E-state index in [9.17, 15) is 0 Å². The SMILES string of the molecule is CCOCCCNCc1cc(OCC)c(OCc2c(Cl)cccc2Cl)cc1Cl. The lowest BCUT2D eigenvalue weighted by Gasteiger charge is -2.16. The molecule has 2 aromatic carbocycles. The molecule has 0 fully saturated rings. The van der Waals surface area contributed by atoms with Gasteiger partial charge in [-0.2, -0.15) is 0 Å². The number of nitrogens with one attached hydrogen (secondary N) is 1. The van der Waals surface area contributed by atoms with Crippen molar-refractivity contribution in [1.29, 1.82) is 0 Å². The summed E-state index contributed by atoms with van der Waals surface area (Å²) < 4.78 is 17.0. The topological polar surface area (TPSA) is 39.7 Å². The van der Waals surface area contributed by atoms with Crippen molar-refractivity contribution in [2.45, 2.75) is 33.4 Å². The predicted octanol–water partition coefficient (Wildman–Crippen LogP) is 6.14. The first-order valence-corrected chi connectivity index (χ1v) is 10.5. The van der Waals surface area contributed by atoms with Crippen LogP contribution < -0.4 is 14.8 Å². The standard InChI is InChI=1S/C21H26Cl3NO3/c1-3-26-10-6-9-25-13-15-11-20(27-4-2)21(12-19(15)24)28-14-16-17(22)7-5-8-18(16)23/h5,7-8,11-12,25H,3-4,6,9-10,13-14H2,1-2H3. The Labute approximate surface area is 182 Å². The van der Waals surface area contributed by atoms with Crippen molar-refractivity contribution in [3.05, 3.63) is 56.5 Å². The smallest absolute Gasteiger partial charge is 0.163 e. The quantitative estimate of drug-likeness (QED) is 0.397. The van der Waals surface area contributed by atoms with Crippen LogP contribution >= 0.6 is 34.8 Å². The third-order valence-electron chi connectivity index (χ3n) is 4.01. The minimum absolute atomic E-state index is 0.226. The van der Waals surface area contributed by atoms with Crippen LogP contribution in [0.3, 0.4) is 0 Å². The Bertz CT molecular complexity index is 736. The Balaban J connectivity index is 2.05. The summed E-state index contributed by atoms with van der Waals surface area (Å²) in [6.07, 6.45) is 0.948. The first-order valence-electron chi connectivity index (χ1n) is 9.36. The van der Waals surface area contributed by atoms with Crippen molar-refractivity contribution >= 4 is 34.8 Å². The van der Waals surface area contributed by atoms with Gasteiger partial charge in [0.05, 0.1) is 6.61 Å². The first kappa shape index (κ1) is 23.1. The highest BCUT2D eigenvalue weighted by Gasteiger charge is 2.13. The minimum atomic E-state index is 0.226. The highest BCUT2D eigenvalue weighted by Crippen LogP contribution is 2.35. The van der Waals surface area contributed by atoms with Gasteiger partial charge in [0, 0.05) is 46.5 Å². The van der Waals surface area contributed by atoms with Crippen LogP contribution in [0.5, 0.6) is 11.5 Å². The normalized spacial score (nSPS) is 10.9. The molecule has 28 heavy (non-hydrogen) atoms. The van der Waals surface area contributed by atoms with Gasteiger partial charge < -0.3 is 19.5 Å². The second kappa shape index (κ2) is 12.4. The lowest BCUT2D eigenvalue weighted by atomic mass is 10.2. The molecule has 0 bridgehead atoms. The number of rotatable bonds is 12. The van der Waals surface area contributed by atoms with E-state index in [4.69, 9.17) is 49.0 Å². The molecule has 4 nitrogen and oxygen atoms in total. The Morgan fingerprint density at radius 3 is 2.29 bits per heavy atom. The Kier molecular flexibility index (Phi) is 10.2. The minimum Gasteiger partial charge on any atom is -0.490 e. The molecule has 0 saturated carbocycles. The third-order valence-corrected chi connectivity index (χ3v) is 5.07. The van der Waals surface area contributed by atoms with Crippen molar-refractivity contribution < 1.29 is 14.2 Å². The van der Waals surface area contributed by atoms with E-state index in [2.05, 4.69) is 5.32 Å². The zero-order chi connectivity index (χ0) is 20.4. The van der Waals surface area contributed by atoms with Gasteiger partial charge in [0.1, 0.15) is 6.61 Å². The van der Waals surface area contributed by atoms with Crippen LogP contribution in [0.15, 0.2) is 30.3 Å². The maximum absolute atomic E-state index is 6.46. The summed E-state index contributed by atoms with van der Waals surface area (Å²) in [6, 6.07) is 9.04. The molecule has 0 aliphatic carbocycles.